The number of pyridine rings is 1. The molecule has 0 bridgehead atoms. The van der Waals surface area contributed by atoms with Crippen LogP contribution in [0.3, 0.4) is 0 Å². The lowest BCUT2D eigenvalue weighted by Gasteiger charge is -2.34. The van der Waals surface area contributed by atoms with Gasteiger partial charge in [0.25, 0.3) is 0 Å². The van der Waals surface area contributed by atoms with Crippen LogP contribution in [0, 0.1) is 0 Å². The maximum Gasteiger partial charge on any atom is 0.178 e. The lowest BCUT2D eigenvalue weighted by Crippen LogP contribution is -2.07. The molecule has 4 aromatic rings. The third-order valence-corrected chi connectivity index (χ3v) is 10.1. The summed E-state index contributed by atoms with van der Waals surface area (Å²) in [5, 5.41) is -0.451. The van der Waals surface area contributed by atoms with E-state index >= 15 is 0 Å². The molecule has 178 valence electrons. The Balaban J connectivity index is 1.58. The van der Waals surface area contributed by atoms with Crippen LogP contribution in [0.4, 0.5) is 0 Å². The Labute approximate surface area is 199 Å². The lowest BCUT2D eigenvalue weighted by molar-refractivity contribution is 0.462. The second-order valence-corrected chi connectivity index (χ2v) is 12.9. The third kappa shape index (κ3) is 4.29. The average Bonchev–Trinajstić information content (AvgIpc) is 3.41. The Hall–Kier alpha value is -2.92. The molecule has 0 radical (unpaired) electrons. The van der Waals surface area contributed by atoms with E-state index in [4.69, 9.17) is 4.74 Å². The van der Waals surface area contributed by atoms with Gasteiger partial charge in [0, 0.05) is 23.6 Å². The van der Waals surface area contributed by atoms with Gasteiger partial charge in [0.05, 0.1) is 26.9 Å². The van der Waals surface area contributed by atoms with Crippen molar-refractivity contribution < 1.29 is 22.3 Å². The van der Waals surface area contributed by atoms with Gasteiger partial charge >= 0.3 is 0 Å². The maximum absolute atomic E-state index is 12.1. The minimum atomic E-state index is -3.32. The molecule has 0 amide bonds. The van der Waals surface area contributed by atoms with Crippen LogP contribution in [-0.4, -0.2) is 44.0 Å². The summed E-state index contributed by atoms with van der Waals surface area (Å²) in [6.45, 7) is 1.60. The van der Waals surface area contributed by atoms with Crippen LogP contribution in [0.1, 0.15) is 30.6 Å². The van der Waals surface area contributed by atoms with Crippen molar-refractivity contribution in [1.82, 2.24) is 15.0 Å². The number of ether oxygens (including phenoxy) is 1. The molecule has 0 spiro atoms. The molecule has 3 N–H and O–H groups in total. The van der Waals surface area contributed by atoms with E-state index in [9.17, 15) is 17.5 Å². The second-order valence-electron chi connectivity index (χ2n) is 8.24. The number of fused-ring (bicyclic) bond motifs is 1. The molecule has 1 fully saturated rings. The zero-order valence-electron chi connectivity index (χ0n) is 18.5. The van der Waals surface area contributed by atoms with E-state index in [1.165, 1.54) is 12.1 Å². The van der Waals surface area contributed by atoms with Gasteiger partial charge in [-0.05, 0) is 55.3 Å². The number of hydrogen-bond acceptors (Lipinski definition) is 7. The lowest BCUT2D eigenvalue weighted by atomic mass is 10.1. The van der Waals surface area contributed by atoms with Crippen LogP contribution >= 0.6 is 10.6 Å². The Morgan fingerprint density at radius 3 is 2.59 bits per heavy atom. The van der Waals surface area contributed by atoms with Crippen LogP contribution in [0.25, 0.3) is 22.6 Å². The number of imidazole rings is 1. The first kappa shape index (κ1) is 22.9. The Kier molecular flexibility index (Phi) is 5.85. The number of rotatable bonds is 6. The van der Waals surface area contributed by atoms with Crippen molar-refractivity contribution in [3.05, 3.63) is 66.4 Å². The summed E-state index contributed by atoms with van der Waals surface area (Å²) in [4.78, 5) is 12.5. The molecule has 2 aromatic heterocycles. The number of aromatic nitrogens is 3. The first-order valence-corrected chi connectivity index (χ1v) is 14.4. The molecule has 34 heavy (non-hydrogen) atoms. The summed E-state index contributed by atoms with van der Waals surface area (Å²) in [5.74, 6) is 1.90. The predicted molar refractivity (Wildman–Crippen MR) is 133 cm³/mol. The van der Waals surface area contributed by atoms with Crippen molar-refractivity contribution in [2.45, 2.75) is 29.9 Å². The first-order valence-electron chi connectivity index (χ1n) is 11.0. The largest absolute Gasteiger partial charge is 0.457 e. The van der Waals surface area contributed by atoms with E-state index in [2.05, 4.69) is 15.0 Å². The second kappa shape index (κ2) is 8.70. The molecule has 1 saturated heterocycles. The van der Waals surface area contributed by atoms with E-state index in [1.807, 2.05) is 24.3 Å². The predicted octanol–water partition coefficient (Wildman–Crippen LogP) is 5.80. The fourth-order valence-corrected chi connectivity index (χ4v) is 7.09. The quantitative estimate of drug-likeness (QED) is 0.306. The molecular weight excluding hydrogens is 474 g/mol. The Morgan fingerprint density at radius 2 is 1.94 bits per heavy atom. The smallest absolute Gasteiger partial charge is 0.178 e. The topological polar surface area (TPSA) is 125 Å². The minimum Gasteiger partial charge on any atom is -0.457 e. The van der Waals surface area contributed by atoms with Crippen LogP contribution in [-0.2, 0) is 9.84 Å². The zero-order chi connectivity index (χ0) is 23.9. The maximum atomic E-state index is 12.1. The summed E-state index contributed by atoms with van der Waals surface area (Å²) in [6.07, 6.45) is 3.05. The van der Waals surface area contributed by atoms with E-state index in [1.54, 1.807) is 31.3 Å². The molecule has 3 heterocycles. The van der Waals surface area contributed by atoms with E-state index < -0.39 is 25.7 Å². The molecular formula is C24H25N3O5S2. The number of nitrogens with one attached hydrogen (secondary N) is 1. The number of aromatic amines is 1. The molecule has 0 aliphatic carbocycles. The van der Waals surface area contributed by atoms with Crippen LogP contribution in [0.15, 0.2) is 65.7 Å². The van der Waals surface area contributed by atoms with Gasteiger partial charge in [-0.1, -0.05) is 13.0 Å². The van der Waals surface area contributed by atoms with Gasteiger partial charge in [0.1, 0.15) is 17.2 Å². The molecule has 5 rings (SSSR count). The van der Waals surface area contributed by atoms with Gasteiger partial charge in [-0.25, -0.2) is 13.4 Å². The van der Waals surface area contributed by atoms with Crippen LogP contribution < -0.4 is 4.74 Å². The van der Waals surface area contributed by atoms with Crippen molar-refractivity contribution in [2.75, 3.05) is 11.5 Å². The highest BCUT2D eigenvalue weighted by molar-refractivity contribution is 8.24. The van der Waals surface area contributed by atoms with Gasteiger partial charge in [-0.2, -0.15) is 10.6 Å². The Bertz CT molecular complexity index is 1440. The summed E-state index contributed by atoms with van der Waals surface area (Å²) in [7, 11) is -6.12. The molecule has 1 aliphatic rings. The number of hydrogen-bond donors (Lipinski definition) is 3. The molecule has 1 atom stereocenters. The van der Waals surface area contributed by atoms with Crippen LogP contribution in [0.5, 0.6) is 11.5 Å². The van der Waals surface area contributed by atoms with Crippen molar-refractivity contribution in [3.8, 4) is 23.0 Å². The number of benzene rings is 2. The van der Waals surface area contributed by atoms with Crippen molar-refractivity contribution in [3.63, 3.8) is 0 Å². The summed E-state index contributed by atoms with van der Waals surface area (Å²) in [5.41, 5.74) is 2.78. The van der Waals surface area contributed by atoms with Gasteiger partial charge in [-0.3, -0.25) is 14.1 Å². The molecule has 10 heteroatoms. The number of H-pyrrole nitrogens is 1. The van der Waals surface area contributed by atoms with Gasteiger partial charge in [-0.15, -0.1) is 0 Å². The third-order valence-electron chi connectivity index (χ3n) is 6.03. The van der Waals surface area contributed by atoms with Gasteiger partial charge in [0.15, 0.2) is 15.7 Å². The van der Waals surface area contributed by atoms with Crippen molar-refractivity contribution in [2.24, 2.45) is 0 Å². The average molecular weight is 500 g/mol. The molecule has 1 unspecified atom stereocenters. The number of nitrogens with zero attached hydrogens (tertiary/aromatic N) is 2. The highest BCUT2D eigenvalue weighted by Crippen LogP contribution is 2.62. The molecule has 0 saturated carbocycles. The standard InChI is InChI=1S/C24H25N3O5S2/c1-2-33(28,29)17-10-8-16(9-11-17)32-22-15-21-20(14-18(22)23-7-5-13-34(23,30)31)26-24(27-21)19-6-3-4-12-25-19/h3-4,6,8-12,14-15,23,30-31H,2,5,7,13H2,1H3,(H,26,27). The zero-order valence-corrected chi connectivity index (χ0v) is 20.1. The van der Waals surface area contributed by atoms with Gasteiger partial charge < -0.3 is 9.72 Å². The fraction of sp³-hybridized carbons (Fsp3) is 0.250. The van der Waals surface area contributed by atoms with Crippen molar-refractivity contribution in [1.29, 1.82) is 0 Å². The first-order chi connectivity index (χ1) is 16.3. The monoisotopic (exact) mass is 499 g/mol. The van der Waals surface area contributed by atoms with Crippen LogP contribution in [0.2, 0.25) is 0 Å². The summed E-state index contributed by atoms with van der Waals surface area (Å²) >= 11 is 0. The normalized spacial score (nSPS) is 18.7. The summed E-state index contributed by atoms with van der Waals surface area (Å²) < 4.78 is 51.8. The van der Waals surface area contributed by atoms with E-state index in [-0.39, 0.29) is 10.6 Å². The molecule has 2 aromatic carbocycles. The van der Waals surface area contributed by atoms with Crippen molar-refractivity contribution >= 4 is 31.5 Å². The summed E-state index contributed by atoms with van der Waals surface area (Å²) in [6, 6.07) is 15.5. The minimum absolute atomic E-state index is 0.0192. The molecule has 1 aliphatic heterocycles. The highest BCUT2D eigenvalue weighted by atomic mass is 32.3. The Morgan fingerprint density at radius 1 is 1.15 bits per heavy atom. The highest BCUT2D eigenvalue weighted by Gasteiger charge is 2.35. The van der Waals surface area contributed by atoms with E-state index in [0.29, 0.717) is 46.3 Å². The fourth-order valence-electron chi connectivity index (χ4n) is 4.20. The number of sulfone groups is 1. The SMILES string of the molecule is CCS(=O)(=O)c1ccc(Oc2cc3nc(-c4ccccn4)[nH]c3cc2C2CCCS2(O)O)cc1. The van der Waals surface area contributed by atoms with Gasteiger partial charge in [0.2, 0.25) is 0 Å². The molecule has 8 nitrogen and oxygen atoms in total. The van der Waals surface area contributed by atoms with E-state index in [0.717, 1.165) is 11.9 Å².